The van der Waals surface area contributed by atoms with Crippen molar-refractivity contribution in [2.75, 3.05) is 0 Å². The molecule has 3 rings (SSSR count). The molecule has 0 spiro atoms. The molecule has 0 amide bonds. The second kappa shape index (κ2) is 7.03. The van der Waals surface area contributed by atoms with Crippen molar-refractivity contribution in [1.82, 2.24) is 10.1 Å². The zero-order chi connectivity index (χ0) is 17.1. The molecule has 0 atom stereocenters. The molecule has 122 valence electrons. The first kappa shape index (κ1) is 16.5. The summed E-state index contributed by atoms with van der Waals surface area (Å²) in [5.41, 5.74) is 2.18. The third-order valence-electron chi connectivity index (χ3n) is 3.34. The summed E-state index contributed by atoms with van der Waals surface area (Å²) in [6, 6.07) is 12.2. The molecule has 0 N–H and O–H groups in total. The first-order valence-electron chi connectivity index (χ1n) is 7.05. The van der Waals surface area contributed by atoms with Gasteiger partial charge in [-0.3, -0.25) is 0 Å². The highest BCUT2D eigenvalue weighted by atomic mass is 35.5. The maximum absolute atomic E-state index is 12.0. The van der Waals surface area contributed by atoms with E-state index in [1.165, 1.54) is 18.2 Å². The summed E-state index contributed by atoms with van der Waals surface area (Å²) in [5, 5.41) is 4.56. The Morgan fingerprint density at radius 3 is 2.71 bits per heavy atom. The van der Waals surface area contributed by atoms with Gasteiger partial charge in [-0.05, 0) is 30.7 Å². The van der Waals surface area contributed by atoms with Crippen LogP contribution in [-0.4, -0.2) is 16.1 Å². The Bertz CT molecular complexity index is 893. The summed E-state index contributed by atoms with van der Waals surface area (Å²) >= 11 is 11.7. The maximum Gasteiger partial charge on any atom is 0.338 e. The van der Waals surface area contributed by atoms with E-state index in [4.69, 9.17) is 32.5 Å². The van der Waals surface area contributed by atoms with E-state index in [1.54, 1.807) is 0 Å². The number of aromatic nitrogens is 2. The Labute approximate surface area is 148 Å². The van der Waals surface area contributed by atoms with E-state index in [0.29, 0.717) is 16.4 Å². The molecule has 0 fully saturated rings. The number of aryl methyl sites for hydroxylation is 1. The maximum atomic E-state index is 12.0. The van der Waals surface area contributed by atoms with Crippen LogP contribution >= 0.6 is 23.2 Å². The average molecular weight is 363 g/mol. The van der Waals surface area contributed by atoms with Crippen molar-refractivity contribution < 1.29 is 14.1 Å². The normalized spacial score (nSPS) is 10.6. The first-order valence-corrected chi connectivity index (χ1v) is 7.81. The van der Waals surface area contributed by atoms with Gasteiger partial charge in [-0.15, -0.1) is 0 Å². The molecule has 5 nitrogen and oxygen atoms in total. The molecule has 1 heterocycles. The number of halogens is 2. The van der Waals surface area contributed by atoms with E-state index in [0.717, 1.165) is 11.1 Å². The smallest absolute Gasteiger partial charge is 0.338 e. The minimum Gasteiger partial charge on any atom is -0.452 e. The van der Waals surface area contributed by atoms with Gasteiger partial charge in [0.05, 0.1) is 15.6 Å². The average Bonchev–Trinajstić information content (AvgIpc) is 3.04. The second-order valence-electron chi connectivity index (χ2n) is 5.03. The molecule has 0 aliphatic carbocycles. The number of benzene rings is 2. The van der Waals surface area contributed by atoms with Crippen molar-refractivity contribution in [2.45, 2.75) is 13.5 Å². The molecule has 7 heteroatoms. The molecule has 0 radical (unpaired) electrons. The highest BCUT2D eigenvalue weighted by molar-refractivity contribution is 6.42. The van der Waals surface area contributed by atoms with Crippen LogP contribution in [0.2, 0.25) is 10.0 Å². The number of hydrogen-bond donors (Lipinski definition) is 0. The van der Waals surface area contributed by atoms with Gasteiger partial charge in [0, 0.05) is 5.56 Å². The number of nitrogens with zero attached hydrogens (tertiary/aromatic N) is 2. The van der Waals surface area contributed by atoms with E-state index in [9.17, 15) is 4.79 Å². The van der Waals surface area contributed by atoms with Gasteiger partial charge in [-0.1, -0.05) is 52.6 Å². The SMILES string of the molecule is Cc1ccccc1-c1noc(COC(=O)c2ccc(Cl)c(Cl)c2)n1. The number of ether oxygens (including phenoxy) is 1. The molecule has 0 aliphatic heterocycles. The summed E-state index contributed by atoms with van der Waals surface area (Å²) in [4.78, 5) is 16.2. The summed E-state index contributed by atoms with van der Waals surface area (Å²) < 4.78 is 10.3. The van der Waals surface area contributed by atoms with Crippen molar-refractivity contribution in [1.29, 1.82) is 0 Å². The molecule has 0 bridgehead atoms. The van der Waals surface area contributed by atoms with Gasteiger partial charge < -0.3 is 9.26 Å². The Morgan fingerprint density at radius 1 is 1.17 bits per heavy atom. The van der Waals surface area contributed by atoms with Crippen LogP contribution < -0.4 is 0 Å². The zero-order valence-corrected chi connectivity index (χ0v) is 14.1. The molecular formula is C17H12Cl2N2O3. The van der Waals surface area contributed by atoms with E-state index in [-0.39, 0.29) is 17.5 Å². The number of esters is 1. The lowest BCUT2D eigenvalue weighted by molar-refractivity contribution is 0.0430. The molecule has 0 aliphatic rings. The van der Waals surface area contributed by atoms with Gasteiger partial charge in [0.2, 0.25) is 5.82 Å². The van der Waals surface area contributed by atoms with Crippen molar-refractivity contribution in [3.8, 4) is 11.4 Å². The van der Waals surface area contributed by atoms with Gasteiger partial charge in [0.25, 0.3) is 5.89 Å². The van der Waals surface area contributed by atoms with Gasteiger partial charge in [0.15, 0.2) is 6.61 Å². The van der Waals surface area contributed by atoms with Crippen LogP contribution in [0.5, 0.6) is 0 Å². The van der Waals surface area contributed by atoms with Crippen LogP contribution in [0.1, 0.15) is 21.8 Å². The Morgan fingerprint density at radius 2 is 1.96 bits per heavy atom. The lowest BCUT2D eigenvalue weighted by atomic mass is 10.1. The lowest BCUT2D eigenvalue weighted by Crippen LogP contribution is -2.05. The highest BCUT2D eigenvalue weighted by Gasteiger charge is 2.14. The van der Waals surface area contributed by atoms with E-state index >= 15 is 0 Å². The molecule has 0 saturated heterocycles. The largest absolute Gasteiger partial charge is 0.452 e. The number of carbonyl (C=O) groups is 1. The number of carbonyl (C=O) groups excluding carboxylic acids is 1. The van der Waals surface area contributed by atoms with Crippen molar-refractivity contribution >= 4 is 29.2 Å². The third kappa shape index (κ3) is 3.58. The fraction of sp³-hybridized carbons (Fsp3) is 0.118. The standard InChI is InChI=1S/C17H12Cl2N2O3/c1-10-4-2-3-5-12(10)16-20-15(24-21-16)9-23-17(22)11-6-7-13(18)14(19)8-11/h2-8H,9H2,1H3. The van der Waals surface area contributed by atoms with Crippen LogP contribution in [0.15, 0.2) is 47.0 Å². The first-order chi connectivity index (χ1) is 11.5. The van der Waals surface area contributed by atoms with Gasteiger partial charge in [0.1, 0.15) is 0 Å². The number of rotatable bonds is 4. The minimum atomic E-state index is -0.552. The van der Waals surface area contributed by atoms with Crippen LogP contribution in [0.3, 0.4) is 0 Å². The summed E-state index contributed by atoms with van der Waals surface area (Å²) in [5.74, 6) is 0.111. The van der Waals surface area contributed by atoms with Gasteiger partial charge in [-0.2, -0.15) is 4.98 Å². The molecule has 1 aromatic heterocycles. The monoisotopic (exact) mass is 362 g/mol. The fourth-order valence-electron chi connectivity index (χ4n) is 2.08. The minimum absolute atomic E-state index is 0.127. The third-order valence-corrected chi connectivity index (χ3v) is 4.08. The van der Waals surface area contributed by atoms with E-state index in [1.807, 2.05) is 31.2 Å². The molecule has 0 unspecified atom stereocenters. The lowest BCUT2D eigenvalue weighted by Gasteiger charge is -2.03. The summed E-state index contributed by atoms with van der Waals surface area (Å²) in [6.45, 7) is 1.83. The Balaban J connectivity index is 1.68. The van der Waals surface area contributed by atoms with Crippen LogP contribution in [0, 0.1) is 6.92 Å². The molecular weight excluding hydrogens is 351 g/mol. The molecule has 2 aromatic carbocycles. The summed E-state index contributed by atoms with van der Waals surface area (Å²) in [6.07, 6.45) is 0. The highest BCUT2D eigenvalue weighted by Crippen LogP contribution is 2.23. The van der Waals surface area contributed by atoms with Crippen LogP contribution in [-0.2, 0) is 11.3 Å². The Hall–Kier alpha value is -2.37. The summed E-state index contributed by atoms with van der Waals surface area (Å²) in [7, 11) is 0. The van der Waals surface area contributed by atoms with E-state index < -0.39 is 5.97 Å². The quantitative estimate of drug-likeness (QED) is 0.628. The van der Waals surface area contributed by atoms with Crippen molar-refractivity contribution in [2.24, 2.45) is 0 Å². The Kier molecular flexibility index (Phi) is 4.83. The van der Waals surface area contributed by atoms with Crippen LogP contribution in [0.25, 0.3) is 11.4 Å². The predicted molar refractivity (Wildman–Crippen MR) is 90.1 cm³/mol. The molecule has 3 aromatic rings. The van der Waals surface area contributed by atoms with Crippen molar-refractivity contribution in [3.05, 3.63) is 69.5 Å². The van der Waals surface area contributed by atoms with Crippen LogP contribution in [0.4, 0.5) is 0 Å². The van der Waals surface area contributed by atoms with E-state index in [2.05, 4.69) is 10.1 Å². The zero-order valence-electron chi connectivity index (χ0n) is 12.6. The van der Waals surface area contributed by atoms with Gasteiger partial charge >= 0.3 is 5.97 Å². The topological polar surface area (TPSA) is 65.2 Å². The predicted octanol–water partition coefficient (Wildman–Crippen LogP) is 4.71. The molecule has 24 heavy (non-hydrogen) atoms. The number of hydrogen-bond acceptors (Lipinski definition) is 5. The second-order valence-corrected chi connectivity index (χ2v) is 5.85. The fourth-order valence-corrected chi connectivity index (χ4v) is 2.38. The molecule has 0 saturated carbocycles. The van der Waals surface area contributed by atoms with Crippen molar-refractivity contribution in [3.63, 3.8) is 0 Å². The van der Waals surface area contributed by atoms with Gasteiger partial charge in [-0.25, -0.2) is 4.79 Å².